The summed E-state index contributed by atoms with van der Waals surface area (Å²) >= 11 is 0. The predicted molar refractivity (Wildman–Crippen MR) is 112 cm³/mol. The maximum Gasteiger partial charge on any atom is 0.321 e. The van der Waals surface area contributed by atoms with Crippen molar-refractivity contribution >= 4 is 22.7 Å². The minimum atomic E-state index is -0.489. The molecular weight excluding hydrogens is 364 g/mol. The zero-order valence-corrected chi connectivity index (χ0v) is 16.2. The molecule has 3 amide bonds. The lowest BCUT2D eigenvalue weighted by molar-refractivity contribution is 0.0957. The molecule has 6 heteroatoms. The number of piperidine rings is 1. The molecule has 0 radical (unpaired) electrons. The summed E-state index contributed by atoms with van der Waals surface area (Å²) in [6.07, 6.45) is 3.25. The lowest BCUT2D eigenvalue weighted by atomic mass is 10.0. The molecule has 0 aliphatic carbocycles. The number of hydrogen-bond acceptors (Lipinski definition) is 4. The second-order valence-electron chi connectivity index (χ2n) is 7.37. The van der Waals surface area contributed by atoms with Crippen LogP contribution in [0.3, 0.4) is 0 Å². The molecule has 2 heterocycles. The highest BCUT2D eigenvalue weighted by molar-refractivity contribution is 6.03. The number of carbonyl (C=O) groups excluding carboxylic acids is 2. The second-order valence-corrected chi connectivity index (χ2v) is 7.37. The lowest BCUT2D eigenvalue weighted by Crippen LogP contribution is -2.49. The van der Waals surface area contributed by atoms with E-state index in [1.54, 1.807) is 18.2 Å². The summed E-state index contributed by atoms with van der Waals surface area (Å²) < 4.78 is 0. The van der Waals surface area contributed by atoms with Crippen LogP contribution < -0.4 is 10.6 Å². The van der Waals surface area contributed by atoms with Crippen LogP contribution in [0.5, 0.6) is 0 Å². The monoisotopic (exact) mass is 388 g/mol. The zero-order valence-electron chi connectivity index (χ0n) is 16.2. The van der Waals surface area contributed by atoms with Gasteiger partial charge in [0.1, 0.15) is 5.69 Å². The Morgan fingerprint density at radius 3 is 2.48 bits per heavy atom. The molecule has 1 fully saturated rings. The number of likely N-dealkylation sites (tertiary alicyclic amines) is 1. The third-order valence-corrected chi connectivity index (χ3v) is 5.27. The first-order chi connectivity index (χ1) is 14.2. The standard InChI is InChI=1S/C23H24N4O2/c28-22(21-7-3-4-12-24-21)26-23(29)25-20-10-13-27(14-11-20)16-17-8-9-18-5-1-2-6-19(18)15-17/h1-9,12,15,20H,10-11,13-14,16H2,(H2,25,26,28,29). The van der Waals surface area contributed by atoms with Gasteiger partial charge in [0.25, 0.3) is 5.91 Å². The number of hydrogen-bond donors (Lipinski definition) is 2. The third-order valence-electron chi connectivity index (χ3n) is 5.27. The Bertz CT molecular complexity index is 998. The summed E-state index contributed by atoms with van der Waals surface area (Å²) in [5, 5.41) is 7.76. The summed E-state index contributed by atoms with van der Waals surface area (Å²) in [7, 11) is 0. The number of fused-ring (bicyclic) bond motifs is 1. The van der Waals surface area contributed by atoms with E-state index in [0.717, 1.165) is 32.5 Å². The molecule has 2 N–H and O–H groups in total. The van der Waals surface area contributed by atoms with Crippen molar-refractivity contribution in [2.75, 3.05) is 13.1 Å². The van der Waals surface area contributed by atoms with Crippen LogP contribution in [0.15, 0.2) is 66.9 Å². The van der Waals surface area contributed by atoms with Crippen LogP contribution in [0.1, 0.15) is 28.9 Å². The van der Waals surface area contributed by atoms with Gasteiger partial charge in [-0.3, -0.25) is 20.0 Å². The normalized spacial score (nSPS) is 15.2. The highest BCUT2D eigenvalue weighted by Crippen LogP contribution is 2.19. The van der Waals surface area contributed by atoms with Gasteiger partial charge in [0, 0.05) is 31.9 Å². The largest absolute Gasteiger partial charge is 0.335 e. The summed E-state index contributed by atoms with van der Waals surface area (Å²) in [6, 6.07) is 19.6. The SMILES string of the molecule is O=C(NC(=O)c1ccccn1)NC1CCN(Cc2ccc3ccccc3c2)CC1. The van der Waals surface area contributed by atoms with Gasteiger partial charge in [-0.15, -0.1) is 0 Å². The molecule has 0 bridgehead atoms. The van der Waals surface area contributed by atoms with Gasteiger partial charge >= 0.3 is 6.03 Å². The van der Waals surface area contributed by atoms with E-state index in [-0.39, 0.29) is 11.7 Å². The van der Waals surface area contributed by atoms with Gasteiger partial charge in [-0.25, -0.2) is 4.79 Å². The molecule has 0 unspecified atom stereocenters. The number of amides is 3. The number of benzene rings is 2. The van der Waals surface area contributed by atoms with Crippen LogP contribution in [0.25, 0.3) is 10.8 Å². The van der Waals surface area contributed by atoms with Crippen LogP contribution in [-0.2, 0) is 6.54 Å². The van der Waals surface area contributed by atoms with Crippen molar-refractivity contribution in [1.82, 2.24) is 20.5 Å². The summed E-state index contributed by atoms with van der Waals surface area (Å²) in [6.45, 7) is 2.72. The fraction of sp³-hybridized carbons (Fsp3) is 0.261. The number of imide groups is 1. The van der Waals surface area contributed by atoms with Crippen LogP contribution in [-0.4, -0.2) is 41.0 Å². The van der Waals surface area contributed by atoms with Gasteiger partial charge in [-0.2, -0.15) is 0 Å². The molecule has 1 saturated heterocycles. The molecule has 1 aliphatic rings. The number of rotatable bonds is 4. The second kappa shape index (κ2) is 8.84. The van der Waals surface area contributed by atoms with Crippen molar-refractivity contribution in [2.24, 2.45) is 0 Å². The smallest absolute Gasteiger partial charge is 0.321 e. The van der Waals surface area contributed by atoms with Crippen LogP contribution >= 0.6 is 0 Å². The average molecular weight is 388 g/mol. The first kappa shape index (κ1) is 19.1. The minimum Gasteiger partial charge on any atom is -0.335 e. The van der Waals surface area contributed by atoms with Crippen molar-refractivity contribution in [1.29, 1.82) is 0 Å². The molecule has 0 spiro atoms. The highest BCUT2D eigenvalue weighted by atomic mass is 16.2. The molecule has 6 nitrogen and oxygen atoms in total. The number of aromatic nitrogens is 1. The van der Waals surface area contributed by atoms with E-state index in [0.29, 0.717) is 0 Å². The van der Waals surface area contributed by atoms with E-state index >= 15 is 0 Å². The Balaban J connectivity index is 1.24. The van der Waals surface area contributed by atoms with E-state index in [1.807, 2.05) is 0 Å². The Kier molecular flexibility index (Phi) is 5.81. The highest BCUT2D eigenvalue weighted by Gasteiger charge is 2.21. The molecular formula is C23H24N4O2. The topological polar surface area (TPSA) is 74.3 Å². The Morgan fingerprint density at radius 1 is 0.966 bits per heavy atom. The Labute approximate surface area is 169 Å². The molecule has 3 aromatic rings. The maximum atomic E-state index is 12.1. The number of nitrogens with one attached hydrogen (secondary N) is 2. The minimum absolute atomic E-state index is 0.0689. The number of carbonyl (C=O) groups is 2. The fourth-order valence-corrected chi connectivity index (χ4v) is 3.72. The first-order valence-corrected chi connectivity index (χ1v) is 9.90. The fourth-order valence-electron chi connectivity index (χ4n) is 3.72. The van der Waals surface area contributed by atoms with Crippen molar-refractivity contribution in [3.8, 4) is 0 Å². The third kappa shape index (κ3) is 4.97. The van der Waals surface area contributed by atoms with E-state index in [4.69, 9.17) is 0 Å². The van der Waals surface area contributed by atoms with E-state index in [2.05, 4.69) is 63.0 Å². The van der Waals surface area contributed by atoms with E-state index in [9.17, 15) is 9.59 Å². The summed E-state index contributed by atoms with van der Waals surface area (Å²) in [5.74, 6) is -0.489. The molecule has 29 heavy (non-hydrogen) atoms. The first-order valence-electron chi connectivity index (χ1n) is 9.90. The van der Waals surface area contributed by atoms with Gasteiger partial charge in [0.15, 0.2) is 0 Å². The van der Waals surface area contributed by atoms with Crippen molar-refractivity contribution in [2.45, 2.75) is 25.4 Å². The molecule has 1 aliphatic heterocycles. The van der Waals surface area contributed by atoms with Crippen LogP contribution in [0, 0.1) is 0 Å². The molecule has 1 aromatic heterocycles. The number of nitrogens with zero attached hydrogens (tertiary/aromatic N) is 2. The van der Waals surface area contributed by atoms with Crippen LogP contribution in [0.2, 0.25) is 0 Å². The molecule has 148 valence electrons. The Morgan fingerprint density at radius 2 is 1.72 bits per heavy atom. The van der Waals surface area contributed by atoms with Gasteiger partial charge in [0.05, 0.1) is 0 Å². The molecule has 2 aromatic carbocycles. The zero-order chi connectivity index (χ0) is 20.1. The number of pyridine rings is 1. The van der Waals surface area contributed by atoms with E-state index in [1.165, 1.54) is 22.5 Å². The summed E-state index contributed by atoms with van der Waals surface area (Å²) in [5.41, 5.74) is 1.53. The van der Waals surface area contributed by atoms with Crippen molar-refractivity contribution < 1.29 is 9.59 Å². The maximum absolute atomic E-state index is 12.1. The molecule has 0 atom stereocenters. The van der Waals surface area contributed by atoms with Gasteiger partial charge < -0.3 is 5.32 Å². The average Bonchev–Trinajstić information content (AvgIpc) is 2.75. The van der Waals surface area contributed by atoms with Crippen LogP contribution in [0.4, 0.5) is 4.79 Å². The van der Waals surface area contributed by atoms with Gasteiger partial charge in [-0.1, -0.05) is 42.5 Å². The summed E-state index contributed by atoms with van der Waals surface area (Å²) in [4.78, 5) is 30.5. The van der Waals surface area contributed by atoms with Gasteiger partial charge in [-0.05, 0) is 47.4 Å². The predicted octanol–water partition coefficient (Wildman–Crippen LogP) is 3.34. The molecule has 4 rings (SSSR count). The van der Waals surface area contributed by atoms with Crippen molar-refractivity contribution in [3.63, 3.8) is 0 Å². The van der Waals surface area contributed by atoms with Crippen molar-refractivity contribution in [3.05, 3.63) is 78.1 Å². The lowest BCUT2D eigenvalue weighted by Gasteiger charge is -2.32. The quantitative estimate of drug-likeness (QED) is 0.719. The number of urea groups is 1. The van der Waals surface area contributed by atoms with Gasteiger partial charge in [0.2, 0.25) is 0 Å². The van der Waals surface area contributed by atoms with E-state index < -0.39 is 11.9 Å². The Hall–Kier alpha value is -3.25. The molecule has 0 saturated carbocycles.